The van der Waals surface area contributed by atoms with Crippen LogP contribution in [0.4, 0.5) is 0 Å². The molecule has 0 heterocycles. The minimum atomic E-state index is -3.00. The smallest absolute Gasteiger partial charge is 0.261 e. The zero-order valence-corrected chi connectivity index (χ0v) is 16.5. The zero-order chi connectivity index (χ0) is 18.0. The quantitative estimate of drug-likeness (QED) is 0.368. The number of benzene rings is 2. The van der Waals surface area contributed by atoms with Gasteiger partial charge in [-0.2, -0.15) is 0 Å². The summed E-state index contributed by atoms with van der Waals surface area (Å²) in [5, 5.41) is 1.55. The van der Waals surface area contributed by atoms with E-state index in [1.165, 1.54) is 25.7 Å². The summed E-state index contributed by atoms with van der Waals surface area (Å²) in [7, 11) is -3.00. The highest BCUT2D eigenvalue weighted by atomic mass is 31.2. The van der Waals surface area contributed by atoms with Crippen molar-refractivity contribution in [2.24, 2.45) is 5.92 Å². The molecule has 0 fully saturated rings. The Morgan fingerprint density at radius 1 is 0.760 bits per heavy atom. The number of unbranched alkanes of at least 4 members (excludes halogenated alkanes) is 4. The Labute approximate surface area is 153 Å². The summed E-state index contributed by atoms with van der Waals surface area (Å²) in [6, 6.07) is 19.2. The molecule has 25 heavy (non-hydrogen) atoms. The lowest BCUT2D eigenvalue weighted by atomic mass is 10.0. The molecule has 0 bridgehead atoms. The molecule has 136 valence electrons. The Morgan fingerprint density at radius 2 is 1.24 bits per heavy atom. The molecule has 3 heteroatoms. The normalized spacial score (nSPS) is 11.8. The highest BCUT2D eigenvalue weighted by Gasteiger charge is 2.27. The molecular formula is C22H31O2P. The van der Waals surface area contributed by atoms with Gasteiger partial charge >= 0.3 is 0 Å². The topological polar surface area (TPSA) is 26.3 Å². The van der Waals surface area contributed by atoms with Gasteiger partial charge in [0.25, 0.3) is 7.37 Å². The first kappa shape index (κ1) is 19.9. The number of hydrogen-bond acceptors (Lipinski definition) is 2. The lowest BCUT2D eigenvalue weighted by Crippen LogP contribution is -2.18. The summed E-state index contributed by atoms with van der Waals surface area (Å²) in [4.78, 5) is 0. The summed E-state index contributed by atoms with van der Waals surface area (Å²) in [5.74, 6) is 0.797. The predicted molar refractivity (Wildman–Crippen MR) is 108 cm³/mol. The third-order valence-electron chi connectivity index (χ3n) is 4.39. The van der Waals surface area contributed by atoms with Crippen LogP contribution < -0.4 is 10.6 Å². The molecule has 2 aromatic carbocycles. The monoisotopic (exact) mass is 358 g/mol. The molecule has 0 aromatic heterocycles. The molecule has 0 unspecified atom stereocenters. The molecule has 0 spiro atoms. The van der Waals surface area contributed by atoms with E-state index in [1.807, 2.05) is 60.7 Å². The van der Waals surface area contributed by atoms with Crippen LogP contribution >= 0.6 is 7.37 Å². The van der Waals surface area contributed by atoms with Crippen LogP contribution in [-0.4, -0.2) is 6.61 Å². The van der Waals surface area contributed by atoms with Gasteiger partial charge in [-0.05, 0) is 36.6 Å². The van der Waals surface area contributed by atoms with E-state index in [2.05, 4.69) is 13.8 Å². The van der Waals surface area contributed by atoms with Crippen molar-refractivity contribution in [3.8, 4) is 0 Å². The molecular weight excluding hydrogens is 327 g/mol. The van der Waals surface area contributed by atoms with Gasteiger partial charge in [0, 0.05) is 10.6 Å². The second kappa shape index (κ2) is 10.6. The molecule has 0 amide bonds. The number of rotatable bonds is 11. The maximum atomic E-state index is 13.6. The predicted octanol–water partition coefficient (Wildman–Crippen LogP) is 5.93. The fourth-order valence-electron chi connectivity index (χ4n) is 2.92. The molecule has 0 aliphatic heterocycles. The Morgan fingerprint density at radius 3 is 1.76 bits per heavy atom. The van der Waals surface area contributed by atoms with Crippen LogP contribution in [0.5, 0.6) is 0 Å². The van der Waals surface area contributed by atoms with Crippen molar-refractivity contribution in [2.75, 3.05) is 6.61 Å². The van der Waals surface area contributed by atoms with Gasteiger partial charge in [-0.1, -0.05) is 82.3 Å². The second-order valence-corrected chi connectivity index (χ2v) is 9.40. The van der Waals surface area contributed by atoms with Crippen molar-refractivity contribution in [3.63, 3.8) is 0 Å². The maximum absolute atomic E-state index is 13.6. The SMILES string of the molecule is CC(C)CCCCCCCOP(=O)(c1ccccc1)c1ccccc1. The van der Waals surface area contributed by atoms with E-state index in [0.717, 1.165) is 29.4 Å². The van der Waals surface area contributed by atoms with Gasteiger partial charge in [-0.3, -0.25) is 4.57 Å². The first-order chi connectivity index (χ1) is 12.1. The van der Waals surface area contributed by atoms with Crippen molar-refractivity contribution >= 4 is 18.0 Å². The second-order valence-electron chi connectivity index (χ2n) is 7.01. The van der Waals surface area contributed by atoms with E-state index >= 15 is 0 Å². The van der Waals surface area contributed by atoms with Crippen molar-refractivity contribution in [3.05, 3.63) is 60.7 Å². The number of hydrogen-bond donors (Lipinski definition) is 0. The molecule has 0 atom stereocenters. The molecule has 2 aromatic rings. The van der Waals surface area contributed by atoms with Crippen LogP contribution in [0.15, 0.2) is 60.7 Å². The van der Waals surface area contributed by atoms with Crippen LogP contribution in [0.25, 0.3) is 0 Å². The summed E-state index contributed by atoms with van der Waals surface area (Å²) in [6.07, 6.45) is 7.25. The van der Waals surface area contributed by atoms with Gasteiger partial charge in [0.15, 0.2) is 0 Å². The summed E-state index contributed by atoms with van der Waals surface area (Å²) < 4.78 is 19.6. The van der Waals surface area contributed by atoms with E-state index < -0.39 is 7.37 Å². The van der Waals surface area contributed by atoms with Gasteiger partial charge in [0.1, 0.15) is 0 Å². The molecule has 0 saturated heterocycles. The van der Waals surface area contributed by atoms with Gasteiger partial charge in [-0.25, -0.2) is 0 Å². The minimum absolute atomic E-state index is 0.547. The van der Waals surface area contributed by atoms with Crippen LogP contribution in [0.2, 0.25) is 0 Å². The lowest BCUT2D eigenvalue weighted by molar-refractivity contribution is 0.313. The van der Waals surface area contributed by atoms with E-state index in [1.54, 1.807) is 0 Å². The average molecular weight is 358 g/mol. The third kappa shape index (κ3) is 6.45. The van der Waals surface area contributed by atoms with Crippen molar-refractivity contribution < 1.29 is 9.09 Å². The zero-order valence-electron chi connectivity index (χ0n) is 15.6. The van der Waals surface area contributed by atoms with Crippen LogP contribution in [0, 0.1) is 5.92 Å². The highest BCUT2D eigenvalue weighted by Crippen LogP contribution is 2.44. The highest BCUT2D eigenvalue weighted by molar-refractivity contribution is 7.74. The van der Waals surface area contributed by atoms with Gasteiger partial charge in [0.2, 0.25) is 0 Å². The van der Waals surface area contributed by atoms with Crippen molar-refractivity contribution in [1.29, 1.82) is 0 Å². The van der Waals surface area contributed by atoms with Crippen LogP contribution in [0.1, 0.15) is 52.4 Å². The van der Waals surface area contributed by atoms with Crippen LogP contribution in [0.3, 0.4) is 0 Å². The van der Waals surface area contributed by atoms with Crippen molar-refractivity contribution in [2.45, 2.75) is 52.4 Å². The standard InChI is InChI=1S/C22H31O2P/c1-20(2)14-8-4-3-5-13-19-24-25(23,21-15-9-6-10-16-21)22-17-11-7-12-18-22/h6-7,9-12,15-18,20H,3-5,8,13-14,19H2,1-2H3. The van der Waals surface area contributed by atoms with Gasteiger partial charge in [0.05, 0.1) is 6.61 Å². The Bertz CT molecular complexity index is 594. The maximum Gasteiger partial charge on any atom is 0.261 e. The van der Waals surface area contributed by atoms with E-state index in [9.17, 15) is 4.57 Å². The lowest BCUT2D eigenvalue weighted by Gasteiger charge is -2.19. The Hall–Kier alpha value is -1.37. The van der Waals surface area contributed by atoms with Crippen molar-refractivity contribution in [1.82, 2.24) is 0 Å². The van der Waals surface area contributed by atoms with E-state index in [0.29, 0.717) is 6.61 Å². The average Bonchev–Trinajstić information content (AvgIpc) is 2.65. The van der Waals surface area contributed by atoms with Gasteiger partial charge in [-0.15, -0.1) is 0 Å². The molecule has 0 saturated carbocycles. The Kier molecular flexibility index (Phi) is 8.44. The molecule has 2 nitrogen and oxygen atoms in total. The van der Waals surface area contributed by atoms with E-state index in [4.69, 9.17) is 4.52 Å². The Balaban J connectivity index is 1.88. The molecule has 0 radical (unpaired) electrons. The largest absolute Gasteiger partial charge is 0.322 e. The third-order valence-corrected chi connectivity index (χ3v) is 6.89. The molecule has 0 aliphatic rings. The summed E-state index contributed by atoms with van der Waals surface area (Å²) in [6.45, 7) is 5.10. The first-order valence-electron chi connectivity index (χ1n) is 9.49. The minimum Gasteiger partial charge on any atom is -0.322 e. The van der Waals surface area contributed by atoms with Crippen LogP contribution in [-0.2, 0) is 9.09 Å². The molecule has 2 rings (SSSR count). The fourth-order valence-corrected chi connectivity index (χ4v) is 5.04. The first-order valence-corrected chi connectivity index (χ1v) is 11.1. The summed E-state index contributed by atoms with van der Waals surface area (Å²) >= 11 is 0. The molecule has 0 N–H and O–H groups in total. The van der Waals surface area contributed by atoms with E-state index in [-0.39, 0.29) is 0 Å². The van der Waals surface area contributed by atoms with Gasteiger partial charge < -0.3 is 4.52 Å². The molecule has 0 aliphatic carbocycles. The fraction of sp³-hybridized carbons (Fsp3) is 0.455. The summed E-state index contributed by atoms with van der Waals surface area (Å²) in [5.41, 5.74) is 0.